The average molecular weight is 324 g/mol. The Hall–Kier alpha value is -2.16. The molecule has 0 radical (unpaired) electrons. The number of hydrogen-bond acceptors (Lipinski definition) is 3. The van der Waals surface area contributed by atoms with Crippen LogP contribution in [-0.4, -0.2) is 13.5 Å². The van der Waals surface area contributed by atoms with Crippen molar-refractivity contribution in [2.24, 2.45) is 0 Å². The van der Waals surface area contributed by atoms with Crippen LogP contribution in [0.1, 0.15) is 0 Å². The number of sulfone groups is 1. The second-order valence-corrected chi connectivity index (χ2v) is 5.73. The highest BCUT2D eigenvalue weighted by Gasteiger charge is 2.35. The van der Waals surface area contributed by atoms with Gasteiger partial charge < -0.3 is 5.11 Å². The largest absolute Gasteiger partial charge is 0.507 e. The molecule has 0 unspecified atom stereocenters. The summed E-state index contributed by atoms with van der Waals surface area (Å²) in [4.78, 5) is -2.99. The fraction of sp³-hybridized carbons (Fsp3) is 0. The van der Waals surface area contributed by atoms with Crippen molar-refractivity contribution in [2.45, 2.75) is 9.79 Å². The van der Waals surface area contributed by atoms with Crippen LogP contribution in [0.3, 0.4) is 0 Å². The molecule has 0 fully saturated rings. The van der Waals surface area contributed by atoms with Crippen LogP contribution in [0.2, 0.25) is 0 Å². The van der Waals surface area contributed by atoms with Crippen LogP contribution >= 0.6 is 0 Å². The third kappa shape index (κ3) is 2.23. The molecule has 0 aliphatic carbocycles. The first-order valence-electron chi connectivity index (χ1n) is 5.24. The molecule has 2 rings (SSSR count). The van der Waals surface area contributed by atoms with Crippen LogP contribution in [0.4, 0.5) is 22.0 Å². The minimum Gasteiger partial charge on any atom is -0.507 e. The molecule has 21 heavy (non-hydrogen) atoms. The van der Waals surface area contributed by atoms with Gasteiger partial charge in [-0.1, -0.05) is 12.1 Å². The van der Waals surface area contributed by atoms with E-state index in [1.54, 1.807) is 0 Å². The lowest BCUT2D eigenvalue weighted by atomic mass is 10.3. The summed E-state index contributed by atoms with van der Waals surface area (Å²) in [5.41, 5.74) is 0. The molecule has 0 amide bonds. The summed E-state index contributed by atoms with van der Waals surface area (Å²) in [6.45, 7) is 0. The number of rotatable bonds is 2. The molecule has 0 spiro atoms. The van der Waals surface area contributed by atoms with Crippen molar-refractivity contribution in [3.8, 4) is 5.75 Å². The third-order valence-electron chi connectivity index (χ3n) is 2.59. The smallest absolute Gasteiger partial charge is 0.216 e. The van der Waals surface area contributed by atoms with E-state index in [9.17, 15) is 35.5 Å². The maximum atomic E-state index is 13.5. The van der Waals surface area contributed by atoms with Gasteiger partial charge in [-0.25, -0.2) is 30.4 Å². The van der Waals surface area contributed by atoms with Crippen molar-refractivity contribution in [3.05, 3.63) is 53.4 Å². The minimum absolute atomic E-state index is 0.767. The summed E-state index contributed by atoms with van der Waals surface area (Å²) in [5.74, 6) is -13.1. The molecule has 3 nitrogen and oxygen atoms in total. The fourth-order valence-electron chi connectivity index (χ4n) is 1.62. The van der Waals surface area contributed by atoms with Gasteiger partial charge in [-0.15, -0.1) is 0 Å². The van der Waals surface area contributed by atoms with Crippen LogP contribution in [0.5, 0.6) is 5.75 Å². The fourth-order valence-corrected chi connectivity index (χ4v) is 3.09. The Morgan fingerprint density at radius 3 is 1.67 bits per heavy atom. The number of aromatic hydroxyl groups is 1. The minimum atomic E-state index is -5.14. The van der Waals surface area contributed by atoms with Crippen LogP contribution in [0.25, 0.3) is 0 Å². The highest BCUT2D eigenvalue weighted by atomic mass is 32.2. The van der Waals surface area contributed by atoms with Gasteiger partial charge in [0.25, 0.3) is 0 Å². The Kier molecular flexibility index (Phi) is 3.62. The number of hydrogen-bond donors (Lipinski definition) is 1. The number of benzene rings is 2. The second kappa shape index (κ2) is 4.99. The summed E-state index contributed by atoms with van der Waals surface area (Å²) < 4.78 is 90.1. The van der Waals surface area contributed by atoms with Gasteiger partial charge in [0.05, 0.1) is 0 Å². The number of halogens is 5. The van der Waals surface area contributed by atoms with Crippen LogP contribution in [-0.2, 0) is 9.84 Å². The Morgan fingerprint density at radius 2 is 1.19 bits per heavy atom. The Bertz CT molecular complexity index is 804. The molecular weight excluding hydrogens is 319 g/mol. The van der Waals surface area contributed by atoms with E-state index in [2.05, 4.69) is 0 Å². The Balaban J connectivity index is 2.88. The molecule has 2 aromatic carbocycles. The van der Waals surface area contributed by atoms with E-state index in [1.807, 2.05) is 0 Å². The van der Waals surface area contributed by atoms with Crippen molar-refractivity contribution in [3.63, 3.8) is 0 Å². The lowest BCUT2D eigenvalue weighted by Gasteiger charge is -2.10. The number of phenols is 1. The van der Waals surface area contributed by atoms with Crippen LogP contribution in [0.15, 0.2) is 34.1 Å². The molecule has 1 N–H and O–H groups in total. The molecule has 0 saturated carbocycles. The predicted octanol–water partition coefficient (Wildman–Crippen LogP) is 2.92. The summed E-state index contributed by atoms with van der Waals surface area (Å²) in [6, 6.07) is 3.98. The average Bonchev–Trinajstić information content (AvgIpc) is 2.43. The van der Waals surface area contributed by atoms with Gasteiger partial charge in [-0.2, -0.15) is 0 Å². The van der Waals surface area contributed by atoms with Crippen molar-refractivity contribution in [1.82, 2.24) is 0 Å². The molecule has 2 aromatic rings. The zero-order valence-electron chi connectivity index (χ0n) is 9.87. The van der Waals surface area contributed by atoms with Crippen LogP contribution in [0, 0.1) is 29.1 Å². The maximum absolute atomic E-state index is 13.5. The molecule has 0 aliphatic rings. The van der Waals surface area contributed by atoms with Gasteiger partial charge >= 0.3 is 0 Å². The van der Waals surface area contributed by atoms with E-state index >= 15 is 0 Å². The SMILES string of the molecule is O=S(=O)(c1ccccc1O)c1c(F)c(F)c(F)c(F)c1F. The first-order chi connectivity index (χ1) is 9.69. The molecule has 9 heteroatoms. The Labute approximate surface area is 115 Å². The normalized spacial score (nSPS) is 11.7. The van der Waals surface area contributed by atoms with Crippen molar-refractivity contribution < 1.29 is 35.5 Å². The summed E-state index contributed by atoms with van der Waals surface area (Å²) in [5, 5.41) is 9.40. The van der Waals surface area contributed by atoms with Gasteiger partial charge in [-0.05, 0) is 12.1 Å². The van der Waals surface area contributed by atoms with E-state index in [4.69, 9.17) is 0 Å². The predicted molar refractivity (Wildman–Crippen MR) is 59.8 cm³/mol. The van der Waals surface area contributed by atoms with E-state index in [0.717, 1.165) is 18.2 Å². The molecule has 0 heterocycles. The lowest BCUT2D eigenvalue weighted by Crippen LogP contribution is -2.13. The first kappa shape index (κ1) is 15.2. The molecule has 0 saturated heterocycles. The highest BCUT2D eigenvalue weighted by Crippen LogP contribution is 2.34. The van der Waals surface area contributed by atoms with E-state index < -0.39 is 54.5 Å². The van der Waals surface area contributed by atoms with E-state index in [0.29, 0.717) is 0 Å². The highest BCUT2D eigenvalue weighted by molar-refractivity contribution is 7.91. The maximum Gasteiger partial charge on any atom is 0.216 e. The molecule has 0 aliphatic heterocycles. The monoisotopic (exact) mass is 324 g/mol. The number of phenolic OH excluding ortho intramolecular Hbond substituents is 1. The second-order valence-electron chi connectivity index (χ2n) is 3.87. The van der Waals surface area contributed by atoms with Gasteiger partial charge in [0.15, 0.2) is 23.3 Å². The Morgan fingerprint density at radius 1 is 0.762 bits per heavy atom. The van der Waals surface area contributed by atoms with Crippen molar-refractivity contribution in [2.75, 3.05) is 0 Å². The standard InChI is InChI=1S/C12H5F5O3S/c13-7-8(14)10(16)12(11(17)9(7)15)21(19,20)6-4-2-1-3-5(6)18/h1-4,18H. The molecule has 0 bridgehead atoms. The quantitative estimate of drug-likeness (QED) is 0.400. The van der Waals surface area contributed by atoms with Gasteiger partial charge in [-0.3, -0.25) is 0 Å². The van der Waals surface area contributed by atoms with E-state index in [-0.39, 0.29) is 0 Å². The topological polar surface area (TPSA) is 54.4 Å². The van der Waals surface area contributed by atoms with Gasteiger partial charge in [0, 0.05) is 0 Å². The van der Waals surface area contributed by atoms with Crippen molar-refractivity contribution >= 4 is 9.84 Å². The molecule has 0 aromatic heterocycles. The van der Waals surface area contributed by atoms with Gasteiger partial charge in [0.2, 0.25) is 15.7 Å². The zero-order valence-corrected chi connectivity index (χ0v) is 10.7. The molecule has 0 atom stereocenters. The third-order valence-corrected chi connectivity index (χ3v) is 4.41. The molecular formula is C12H5F5O3S. The van der Waals surface area contributed by atoms with Crippen LogP contribution < -0.4 is 0 Å². The van der Waals surface area contributed by atoms with Gasteiger partial charge in [0.1, 0.15) is 15.5 Å². The summed E-state index contributed by atoms with van der Waals surface area (Å²) in [6.07, 6.45) is 0. The number of para-hydroxylation sites is 1. The lowest BCUT2D eigenvalue weighted by molar-refractivity contribution is 0.357. The zero-order chi connectivity index (χ0) is 15.9. The first-order valence-corrected chi connectivity index (χ1v) is 6.72. The molecule has 112 valence electrons. The van der Waals surface area contributed by atoms with E-state index in [1.165, 1.54) is 6.07 Å². The van der Waals surface area contributed by atoms with Crippen molar-refractivity contribution in [1.29, 1.82) is 0 Å². The summed E-state index contributed by atoms with van der Waals surface area (Å²) >= 11 is 0. The summed E-state index contributed by atoms with van der Waals surface area (Å²) in [7, 11) is -5.14.